The normalized spacial score (nSPS) is 19.4. The molecule has 1 aliphatic carbocycles. The fourth-order valence-corrected chi connectivity index (χ4v) is 2.85. The van der Waals surface area contributed by atoms with Gasteiger partial charge in [-0.05, 0) is 30.0 Å². The first-order chi connectivity index (χ1) is 11.4. The van der Waals surface area contributed by atoms with Gasteiger partial charge in [0.15, 0.2) is 0 Å². The van der Waals surface area contributed by atoms with Gasteiger partial charge >= 0.3 is 0 Å². The van der Waals surface area contributed by atoms with E-state index in [4.69, 9.17) is 4.74 Å². The molecular formula is C22H36OS. The third-order valence-corrected chi connectivity index (χ3v) is 3.70. The minimum Gasteiger partial charge on any atom is -0.484 e. The lowest BCUT2D eigenvalue weighted by Crippen LogP contribution is -2.30. The van der Waals surface area contributed by atoms with E-state index in [1.165, 1.54) is 4.90 Å². The van der Waals surface area contributed by atoms with Crippen LogP contribution in [0.1, 0.15) is 55.4 Å². The van der Waals surface area contributed by atoms with Gasteiger partial charge in [0.1, 0.15) is 11.9 Å². The molecule has 2 unspecified atom stereocenters. The minimum atomic E-state index is 0.208. The van der Waals surface area contributed by atoms with Crippen molar-refractivity contribution in [3.05, 3.63) is 48.6 Å². The van der Waals surface area contributed by atoms with Crippen molar-refractivity contribution in [3.63, 3.8) is 0 Å². The highest BCUT2D eigenvalue weighted by atomic mass is 32.2. The Bertz CT molecular complexity index is 438. The summed E-state index contributed by atoms with van der Waals surface area (Å²) in [4.78, 5) is 1.24. The van der Waals surface area contributed by atoms with Crippen LogP contribution in [0.4, 0.5) is 0 Å². The highest BCUT2D eigenvalue weighted by Gasteiger charge is 2.27. The van der Waals surface area contributed by atoms with E-state index >= 15 is 0 Å². The van der Waals surface area contributed by atoms with Gasteiger partial charge < -0.3 is 4.74 Å². The van der Waals surface area contributed by atoms with E-state index in [9.17, 15) is 0 Å². The standard InChI is InChI=1S/C12H10OS.2C4H10.C2H6/c1-3-7-11-9(5-1)13-10-6-2-4-8-12(10)14-11;2*1-4(2)3;1-2/h1-9,11H;2*4H,1-3H3;1-2H3. The van der Waals surface area contributed by atoms with Crippen molar-refractivity contribution in [2.24, 2.45) is 11.8 Å². The van der Waals surface area contributed by atoms with Crippen LogP contribution >= 0.6 is 11.8 Å². The number of hydrogen-bond acceptors (Lipinski definition) is 2. The van der Waals surface area contributed by atoms with Crippen LogP contribution < -0.4 is 4.74 Å². The maximum atomic E-state index is 5.88. The third kappa shape index (κ3) is 9.87. The van der Waals surface area contributed by atoms with Crippen molar-refractivity contribution in [2.45, 2.75) is 71.6 Å². The molecule has 0 bridgehead atoms. The smallest absolute Gasteiger partial charge is 0.133 e. The summed E-state index contributed by atoms with van der Waals surface area (Å²) in [6.07, 6.45) is 8.67. The Kier molecular flexibility index (Phi) is 12.5. The molecule has 1 aromatic carbocycles. The Morgan fingerprint density at radius 3 is 1.92 bits per heavy atom. The average molecular weight is 349 g/mol. The van der Waals surface area contributed by atoms with Crippen LogP contribution in [0.2, 0.25) is 0 Å². The zero-order chi connectivity index (χ0) is 18.5. The second-order valence-electron chi connectivity index (χ2n) is 6.85. The van der Waals surface area contributed by atoms with E-state index in [1.807, 2.05) is 37.7 Å². The fraction of sp³-hybridized carbons (Fsp3) is 0.545. The van der Waals surface area contributed by atoms with E-state index in [2.05, 4.69) is 78.0 Å². The lowest BCUT2D eigenvalue weighted by Gasteiger charge is -2.30. The molecule has 2 aliphatic rings. The molecule has 0 radical (unpaired) electrons. The molecule has 0 fully saturated rings. The Morgan fingerprint density at radius 2 is 1.33 bits per heavy atom. The quantitative estimate of drug-likeness (QED) is 0.483. The topological polar surface area (TPSA) is 9.23 Å². The van der Waals surface area contributed by atoms with Crippen LogP contribution in [0, 0.1) is 11.8 Å². The summed E-state index contributed by atoms with van der Waals surface area (Å²) in [6.45, 7) is 17.0. The average Bonchev–Trinajstić information content (AvgIpc) is 2.54. The van der Waals surface area contributed by atoms with Crippen LogP contribution in [0.5, 0.6) is 5.75 Å². The van der Waals surface area contributed by atoms with Crippen molar-refractivity contribution in [1.82, 2.24) is 0 Å². The van der Waals surface area contributed by atoms with Gasteiger partial charge in [-0.2, -0.15) is 0 Å². The van der Waals surface area contributed by atoms with Gasteiger partial charge in [-0.25, -0.2) is 0 Å². The van der Waals surface area contributed by atoms with Crippen LogP contribution in [0.3, 0.4) is 0 Å². The Balaban J connectivity index is 0.000000447. The summed E-state index contributed by atoms with van der Waals surface area (Å²) in [6, 6.07) is 8.22. The Labute approximate surface area is 154 Å². The molecule has 0 amide bonds. The number of hydrogen-bond donors (Lipinski definition) is 0. The van der Waals surface area contributed by atoms with E-state index in [-0.39, 0.29) is 6.10 Å². The Hall–Kier alpha value is -1.15. The van der Waals surface area contributed by atoms with E-state index in [0.717, 1.165) is 17.6 Å². The minimum absolute atomic E-state index is 0.208. The molecule has 1 aliphatic heterocycles. The number of benzene rings is 1. The molecule has 0 spiro atoms. The predicted molar refractivity (Wildman–Crippen MR) is 111 cm³/mol. The number of para-hydroxylation sites is 1. The summed E-state index contributed by atoms with van der Waals surface area (Å²) >= 11 is 1.88. The van der Waals surface area contributed by atoms with Gasteiger partial charge in [-0.1, -0.05) is 85.8 Å². The van der Waals surface area contributed by atoms with Crippen molar-refractivity contribution >= 4 is 11.8 Å². The van der Waals surface area contributed by atoms with Gasteiger partial charge in [0.2, 0.25) is 0 Å². The van der Waals surface area contributed by atoms with Crippen LogP contribution in [-0.2, 0) is 0 Å². The van der Waals surface area contributed by atoms with Crippen molar-refractivity contribution in [1.29, 1.82) is 0 Å². The predicted octanol–water partition coefficient (Wildman–Crippen LogP) is 7.39. The van der Waals surface area contributed by atoms with Gasteiger partial charge in [0.05, 0.1) is 10.1 Å². The van der Waals surface area contributed by atoms with Crippen molar-refractivity contribution in [3.8, 4) is 5.75 Å². The highest BCUT2D eigenvalue weighted by molar-refractivity contribution is 8.00. The zero-order valence-corrected chi connectivity index (χ0v) is 17.6. The number of rotatable bonds is 0. The number of ether oxygens (including phenoxy) is 1. The van der Waals surface area contributed by atoms with Crippen LogP contribution in [-0.4, -0.2) is 11.4 Å². The molecule has 1 aromatic rings. The van der Waals surface area contributed by atoms with Gasteiger partial charge in [-0.15, -0.1) is 11.8 Å². The molecule has 24 heavy (non-hydrogen) atoms. The molecule has 1 nitrogen and oxygen atoms in total. The maximum absolute atomic E-state index is 5.88. The molecule has 3 rings (SSSR count). The largest absolute Gasteiger partial charge is 0.484 e. The first kappa shape index (κ1) is 22.9. The number of allylic oxidation sites excluding steroid dienone is 2. The SMILES string of the molecule is C1=CC2Oc3ccccc3SC2C=C1.CC.CC(C)C.CC(C)C. The first-order valence-corrected chi connectivity index (χ1v) is 10.1. The second kappa shape index (κ2) is 13.2. The lowest BCUT2D eigenvalue weighted by atomic mass is 10.1. The molecule has 0 saturated carbocycles. The summed E-state index contributed by atoms with van der Waals surface area (Å²) in [7, 11) is 0. The second-order valence-corrected chi connectivity index (χ2v) is 8.07. The molecule has 0 saturated heterocycles. The van der Waals surface area contributed by atoms with Crippen molar-refractivity contribution < 1.29 is 4.74 Å². The van der Waals surface area contributed by atoms with Crippen molar-refractivity contribution in [2.75, 3.05) is 0 Å². The van der Waals surface area contributed by atoms with E-state index < -0.39 is 0 Å². The summed E-state index contributed by atoms with van der Waals surface area (Å²) in [5, 5.41) is 0.440. The van der Waals surface area contributed by atoms with Gasteiger partial charge in [0, 0.05) is 0 Å². The number of thioether (sulfide) groups is 1. The monoisotopic (exact) mass is 348 g/mol. The highest BCUT2D eigenvalue weighted by Crippen LogP contribution is 2.41. The molecular weight excluding hydrogens is 312 g/mol. The third-order valence-electron chi connectivity index (χ3n) is 2.41. The molecule has 0 aromatic heterocycles. The molecule has 0 N–H and O–H groups in total. The van der Waals surface area contributed by atoms with E-state index in [1.54, 1.807) is 0 Å². The van der Waals surface area contributed by atoms with Crippen LogP contribution in [0.15, 0.2) is 53.5 Å². The van der Waals surface area contributed by atoms with Gasteiger partial charge in [0.25, 0.3) is 0 Å². The maximum Gasteiger partial charge on any atom is 0.133 e. The van der Waals surface area contributed by atoms with Gasteiger partial charge in [-0.3, -0.25) is 0 Å². The first-order valence-electron chi connectivity index (χ1n) is 9.17. The fourth-order valence-electron chi connectivity index (χ4n) is 1.72. The summed E-state index contributed by atoms with van der Waals surface area (Å²) in [5.41, 5.74) is 0. The molecule has 2 atom stereocenters. The summed E-state index contributed by atoms with van der Waals surface area (Å²) in [5.74, 6) is 2.68. The Morgan fingerprint density at radius 1 is 0.833 bits per heavy atom. The summed E-state index contributed by atoms with van der Waals surface area (Å²) < 4.78 is 5.88. The van der Waals surface area contributed by atoms with E-state index in [0.29, 0.717) is 5.25 Å². The zero-order valence-electron chi connectivity index (χ0n) is 16.7. The molecule has 2 heteroatoms. The molecule has 1 heterocycles. The van der Waals surface area contributed by atoms with Crippen LogP contribution in [0.25, 0.3) is 0 Å². The molecule has 136 valence electrons. The number of fused-ring (bicyclic) bond motifs is 2. The lowest BCUT2D eigenvalue weighted by molar-refractivity contribution is 0.244.